The van der Waals surface area contributed by atoms with E-state index in [-0.39, 0.29) is 0 Å². The van der Waals surface area contributed by atoms with Crippen LogP contribution in [-0.2, 0) is 0 Å². The predicted molar refractivity (Wildman–Crippen MR) is 57.4 cm³/mol. The third-order valence-corrected chi connectivity index (χ3v) is 3.08. The van der Waals surface area contributed by atoms with Gasteiger partial charge < -0.3 is 5.32 Å². The highest BCUT2D eigenvalue weighted by molar-refractivity contribution is 6.29. The Morgan fingerprint density at radius 2 is 2.21 bits per heavy atom. The molecule has 1 N–H and O–H groups in total. The fourth-order valence-electron chi connectivity index (χ4n) is 1.56. The van der Waals surface area contributed by atoms with E-state index in [1.165, 1.54) is 6.42 Å². The van der Waals surface area contributed by atoms with Crippen molar-refractivity contribution in [2.45, 2.75) is 20.3 Å². The number of nitrogens with zero attached hydrogens (tertiary/aromatic N) is 2. The number of nitrogens with one attached hydrogen (secondary N) is 1. The first-order valence-corrected chi connectivity index (χ1v) is 5.19. The molecule has 2 rings (SSSR count). The molecule has 0 bridgehead atoms. The van der Waals surface area contributed by atoms with Gasteiger partial charge in [-0.2, -0.15) is 0 Å². The quantitative estimate of drug-likeness (QED) is 0.835. The molecule has 0 radical (unpaired) electrons. The monoisotopic (exact) mass is 211 g/mol. The smallest absolute Gasteiger partial charge is 0.151 e. The number of rotatable bonds is 3. The number of hydrogen-bond donors (Lipinski definition) is 1. The average molecular weight is 212 g/mol. The summed E-state index contributed by atoms with van der Waals surface area (Å²) in [5.74, 6) is 1.57. The van der Waals surface area contributed by atoms with E-state index in [9.17, 15) is 0 Å². The first-order chi connectivity index (χ1) is 6.58. The fraction of sp³-hybridized carbons (Fsp3) is 0.600. The van der Waals surface area contributed by atoms with Gasteiger partial charge in [0, 0.05) is 6.54 Å². The molecule has 0 aromatic carbocycles. The van der Waals surface area contributed by atoms with Crippen LogP contribution in [0.2, 0.25) is 5.15 Å². The molecule has 76 valence electrons. The third-order valence-electron chi connectivity index (χ3n) is 2.88. The number of aromatic nitrogens is 2. The molecule has 1 atom stereocenters. The second-order valence-corrected chi connectivity index (χ2v) is 4.90. The SMILES string of the molecule is CC1(C)CC1CNc1ccc(Cl)nn1. The molecule has 1 aromatic rings. The maximum atomic E-state index is 5.63. The molecule has 1 saturated carbocycles. The lowest BCUT2D eigenvalue weighted by Gasteiger charge is -2.05. The molecule has 0 aliphatic heterocycles. The van der Waals surface area contributed by atoms with Crippen LogP contribution in [0.3, 0.4) is 0 Å². The van der Waals surface area contributed by atoms with Crippen molar-refractivity contribution in [2.75, 3.05) is 11.9 Å². The van der Waals surface area contributed by atoms with E-state index < -0.39 is 0 Å². The molecule has 1 aliphatic rings. The van der Waals surface area contributed by atoms with Crippen molar-refractivity contribution in [3.05, 3.63) is 17.3 Å². The highest BCUT2D eigenvalue weighted by Gasteiger charge is 2.44. The van der Waals surface area contributed by atoms with Crippen molar-refractivity contribution in [1.82, 2.24) is 10.2 Å². The molecule has 4 heteroatoms. The van der Waals surface area contributed by atoms with Gasteiger partial charge in [-0.1, -0.05) is 25.4 Å². The molecule has 0 amide bonds. The van der Waals surface area contributed by atoms with E-state index in [1.807, 2.05) is 6.07 Å². The number of hydrogen-bond acceptors (Lipinski definition) is 3. The van der Waals surface area contributed by atoms with Crippen LogP contribution in [-0.4, -0.2) is 16.7 Å². The van der Waals surface area contributed by atoms with E-state index in [2.05, 4.69) is 29.4 Å². The van der Waals surface area contributed by atoms with Crippen LogP contribution in [0.4, 0.5) is 5.82 Å². The summed E-state index contributed by atoms with van der Waals surface area (Å²) >= 11 is 5.63. The van der Waals surface area contributed by atoms with E-state index in [0.29, 0.717) is 10.6 Å². The first-order valence-electron chi connectivity index (χ1n) is 4.81. The van der Waals surface area contributed by atoms with Gasteiger partial charge >= 0.3 is 0 Å². The molecule has 1 heterocycles. The Morgan fingerprint density at radius 3 is 2.71 bits per heavy atom. The summed E-state index contributed by atoms with van der Waals surface area (Å²) in [7, 11) is 0. The van der Waals surface area contributed by atoms with Crippen molar-refractivity contribution in [3.8, 4) is 0 Å². The number of anilines is 1. The minimum Gasteiger partial charge on any atom is -0.368 e. The van der Waals surface area contributed by atoms with Gasteiger partial charge in [0.1, 0.15) is 5.82 Å². The summed E-state index contributed by atoms with van der Waals surface area (Å²) in [6, 6.07) is 3.60. The fourth-order valence-corrected chi connectivity index (χ4v) is 1.66. The zero-order valence-electron chi connectivity index (χ0n) is 8.42. The predicted octanol–water partition coefficient (Wildman–Crippen LogP) is 2.59. The second kappa shape index (κ2) is 3.39. The summed E-state index contributed by atoms with van der Waals surface area (Å²) in [6.45, 7) is 5.54. The van der Waals surface area contributed by atoms with Crippen molar-refractivity contribution in [2.24, 2.45) is 11.3 Å². The summed E-state index contributed by atoms with van der Waals surface area (Å²) in [6.07, 6.45) is 1.29. The molecule has 1 unspecified atom stereocenters. The van der Waals surface area contributed by atoms with Crippen LogP contribution < -0.4 is 5.32 Å². The van der Waals surface area contributed by atoms with Crippen LogP contribution >= 0.6 is 11.6 Å². The lowest BCUT2D eigenvalue weighted by atomic mass is 10.1. The van der Waals surface area contributed by atoms with E-state index in [1.54, 1.807) is 6.07 Å². The lowest BCUT2D eigenvalue weighted by molar-refractivity contribution is 0.572. The van der Waals surface area contributed by atoms with E-state index in [4.69, 9.17) is 11.6 Å². The van der Waals surface area contributed by atoms with Crippen LogP contribution in [0.5, 0.6) is 0 Å². The van der Waals surface area contributed by atoms with Crippen LogP contribution in [0, 0.1) is 11.3 Å². The second-order valence-electron chi connectivity index (χ2n) is 4.51. The normalized spacial score (nSPS) is 23.2. The Bertz CT molecular complexity index is 321. The summed E-state index contributed by atoms with van der Waals surface area (Å²) in [5, 5.41) is 11.4. The topological polar surface area (TPSA) is 37.8 Å². The third kappa shape index (κ3) is 2.15. The number of halogens is 1. The molecule has 1 fully saturated rings. The Hall–Kier alpha value is -0.830. The van der Waals surface area contributed by atoms with Crippen molar-refractivity contribution in [3.63, 3.8) is 0 Å². The van der Waals surface area contributed by atoms with Gasteiger partial charge in [-0.25, -0.2) is 0 Å². The van der Waals surface area contributed by atoms with E-state index in [0.717, 1.165) is 18.3 Å². The Balaban J connectivity index is 1.84. The van der Waals surface area contributed by atoms with Crippen LogP contribution in [0.15, 0.2) is 12.1 Å². The first kappa shape index (κ1) is 9.71. The van der Waals surface area contributed by atoms with Gasteiger partial charge in [-0.05, 0) is 29.9 Å². The zero-order valence-corrected chi connectivity index (χ0v) is 9.17. The van der Waals surface area contributed by atoms with Gasteiger partial charge in [-0.3, -0.25) is 0 Å². The highest BCUT2D eigenvalue weighted by Crippen LogP contribution is 2.51. The maximum absolute atomic E-state index is 5.63. The van der Waals surface area contributed by atoms with Crippen molar-refractivity contribution >= 4 is 17.4 Å². The van der Waals surface area contributed by atoms with Gasteiger partial charge in [0.25, 0.3) is 0 Å². The van der Waals surface area contributed by atoms with Gasteiger partial charge in [-0.15, -0.1) is 10.2 Å². The summed E-state index contributed by atoms with van der Waals surface area (Å²) in [5.41, 5.74) is 0.507. The van der Waals surface area contributed by atoms with Crippen molar-refractivity contribution < 1.29 is 0 Å². The van der Waals surface area contributed by atoms with Crippen LogP contribution in [0.1, 0.15) is 20.3 Å². The maximum Gasteiger partial charge on any atom is 0.151 e. The summed E-state index contributed by atoms with van der Waals surface area (Å²) in [4.78, 5) is 0. The highest BCUT2D eigenvalue weighted by atomic mass is 35.5. The van der Waals surface area contributed by atoms with Gasteiger partial charge in [0.05, 0.1) is 0 Å². The van der Waals surface area contributed by atoms with Crippen LogP contribution in [0.25, 0.3) is 0 Å². The Labute approximate surface area is 88.9 Å². The molecular formula is C10H14ClN3. The molecule has 3 nitrogen and oxygen atoms in total. The zero-order chi connectivity index (χ0) is 10.2. The summed E-state index contributed by atoms with van der Waals surface area (Å²) < 4.78 is 0. The van der Waals surface area contributed by atoms with Gasteiger partial charge in [0.15, 0.2) is 5.15 Å². The Morgan fingerprint density at radius 1 is 1.50 bits per heavy atom. The minimum absolute atomic E-state index is 0.433. The molecule has 0 saturated heterocycles. The lowest BCUT2D eigenvalue weighted by Crippen LogP contribution is -2.08. The molecule has 0 spiro atoms. The average Bonchev–Trinajstić information content (AvgIpc) is 2.73. The Kier molecular flexibility index (Phi) is 2.35. The minimum atomic E-state index is 0.433. The largest absolute Gasteiger partial charge is 0.368 e. The standard InChI is InChI=1S/C10H14ClN3/c1-10(2)5-7(10)6-12-9-4-3-8(11)13-14-9/h3-4,7H,5-6H2,1-2H3,(H,12,14). The molecule has 1 aromatic heterocycles. The molecular weight excluding hydrogens is 198 g/mol. The molecule has 14 heavy (non-hydrogen) atoms. The van der Waals surface area contributed by atoms with E-state index >= 15 is 0 Å². The molecule has 1 aliphatic carbocycles. The van der Waals surface area contributed by atoms with Gasteiger partial charge in [0.2, 0.25) is 0 Å². The van der Waals surface area contributed by atoms with Crippen molar-refractivity contribution in [1.29, 1.82) is 0 Å².